The van der Waals surface area contributed by atoms with Gasteiger partial charge < -0.3 is 10.5 Å². The maximum absolute atomic E-state index is 12.6. The Labute approximate surface area is 123 Å². The van der Waals surface area contributed by atoms with Crippen molar-refractivity contribution >= 4 is 23.2 Å². The predicted octanol–water partition coefficient (Wildman–Crippen LogP) is 4.32. The van der Waals surface area contributed by atoms with Gasteiger partial charge in [0, 0.05) is 18.0 Å². The SMILES string of the molecule is CCOc1ccc2ccccc2c1[C@H](N)CC(F)F.Cl. The Balaban J connectivity index is 0.00000200. The lowest BCUT2D eigenvalue weighted by molar-refractivity contribution is 0.128. The summed E-state index contributed by atoms with van der Waals surface area (Å²) < 4.78 is 30.7. The number of hydrogen-bond donors (Lipinski definition) is 1. The number of alkyl halides is 2. The van der Waals surface area contributed by atoms with Gasteiger partial charge in [0.1, 0.15) is 5.75 Å². The zero-order valence-electron chi connectivity index (χ0n) is 11.2. The maximum atomic E-state index is 12.6. The van der Waals surface area contributed by atoms with Crippen LogP contribution in [0, 0.1) is 0 Å². The minimum absolute atomic E-state index is 0. The highest BCUT2D eigenvalue weighted by Gasteiger charge is 2.19. The van der Waals surface area contributed by atoms with E-state index in [1.54, 1.807) is 6.07 Å². The molecule has 2 N–H and O–H groups in total. The Bertz CT molecular complexity index is 563. The molecule has 0 bridgehead atoms. The van der Waals surface area contributed by atoms with E-state index in [1.165, 1.54) is 0 Å². The summed E-state index contributed by atoms with van der Waals surface area (Å²) in [6.07, 6.45) is -2.79. The van der Waals surface area contributed by atoms with E-state index in [9.17, 15) is 8.78 Å². The smallest absolute Gasteiger partial charge is 0.240 e. The Morgan fingerprint density at radius 1 is 1.15 bits per heavy atom. The molecule has 0 saturated heterocycles. The van der Waals surface area contributed by atoms with Gasteiger partial charge in [-0.2, -0.15) is 0 Å². The highest BCUT2D eigenvalue weighted by Crippen LogP contribution is 2.34. The van der Waals surface area contributed by atoms with E-state index in [-0.39, 0.29) is 18.8 Å². The zero-order valence-corrected chi connectivity index (χ0v) is 12.0. The summed E-state index contributed by atoms with van der Waals surface area (Å²) in [6.45, 7) is 2.34. The molecule has 0 aliphatic carbocycles. The van der Waals surface area contributed by atoms with E-state index >= 15 is 0 Å². The lowest BCUT2D eigenvalue weighted by Crippen LogP contribution is -2.16. The van der Waals surface area contributed by atoms with Crippen LogP contribution in [-0.4, -0.2) is 13.0 Å². The van der Waals surface area contributed by atoms with Crippen LogP contribution in [0.2, 0.25) is 0 Å². The molecule has 0 unspecified atom stereocenters. The maximum Gasteiger partial charge on any atom is 0.240 e. The van der Waals surface area contributed by atoms with E-state index in [2.05, 4.69) is 0 Å². The number of benzene rings is 2. The first-order valence-corrected chi connectivity index (χ1v) is 6.31. The fraction of sp³-hybridized carbons (Fsp3) is 0.333. The van der Waals surface area contributed by atoms with Crippen molar-refractivity contribution in [3.63, 3.8) is 0 Å². The summed E-state index contributed by atoms with van der Waals surface area (Å²) in [5, 5.41) is 1.85. The monoisotopic (exact) mass is 301 g/mol. The van der Waals surface area contributed by atoms with Crippen LogP contribution < -0.4 is 10.5 Å². The largest absolute Gasteiger partial charge is 0.494 e. The number of nitrogens with two attached hydrogens (primary N) is 1. The third kappa shape index (κ3) is 3.58. The molecule has 0 radical (unpaired) electrons. The number of fused-ring (bicyclic) bond motifs is 1. The molecule has 0 aliphatic heterocycles. The number of hydrogen-bond acceptors (Lipinski definition) is 2. The van der Waals surface area contributed by atoms with Crippen LogP contribution in [0.25, 0.3) is 10.8 Å². The van der Waals surface area contributed by atoms with Crippen molar-refractivity contribution in [3.05, 3.63) is 42.0 Å². The van der Waals surface area contributed by atoms with E-state index in [0.717, 1.165) is 10.8 Å². The van der Waals surface area contributed by atoms with Crippen molar-refractivity contribution < 1.29 is 13.5 Å². The van der Waals surface area contributed by atoms with Gasteiger partial charge in [-0.05, 0) is 23.8 Å². The molecule has 5 heteroatoms. The fourth-order valence-electron chi connectivity index (χ4n) is 2.25. The van der Waals surface area contributed by atoms with Crippen molar-refractivity contribution in [1.29, 1.82) is 0 Å². The van der Waals surface area contributed by atoms with Crippen molar-refractivity contribution in [1.82, 2.24) is 0 Å². The molecule has 0 heterocycles. The second-order valence-electron chi connectivity index (χ2n) is 4.36. The van der Waals surface area contributed by atoms with Crippen LogP contribution in [-0.2, 0) is 0 Å². The first-order valence-electron chi connectivity index (χ1n) is 6.31. The highest BCUT2D eigenvalue weighted by molar-refractivity contribution is 5.88. The zero-order chi connectivity index (χ0) is 13.8. The van der Waals surface area contributed by atoms with E-state index in [4.69, 9.17) is 10.5 Å². The van der Waals surface area contributed by atoms with Crippen molar-refractivity contribution in [2.45, 2.75) is 25.8 Å². The molecule has 1 atom stereocenters. The Hall–Kier alpha value is -1.39. The van der Waals surface area contributed by atoms with Crippen molar-refractivity contribution in [3.8, 4) is 5.75 Å². The Kier molecular flexibility index (Phi) is 6.17. The fourth-order valence-corrected chi connectivity index (χ4v) is 2.25. The number of rotatable bonds is 5. The normalized spacial score (nSPS) is 12.2. The minimum Gasteiger partial charge on any atom is -0.494 e. The Morgan fingerprint density at radius 2 is 1.85 bits per heavy atom. The van der Waals surface area contributed by atoms with Crippen molar-refractivity contribution in [2.24, 2.45) is 5.73 Å². The van der Waals surface area contributed by atoms with Gasteiger partial charge in [-0.15, -0.1) is 12.4 Å². The van der Waals surface area contributed by atoms with Gasteiger partial charge in [0.25, 0.3) is 0 Å². The van der Waals surface area contributed by atoms with Gasteiger partial charge in [0.15, 0.2) is 0 Å². The molecule has 0 spiro atoms. The standard InChI is InChI=1S/C15H17F2NO.ClH/c1-2-19-13-8-7-10-5-3-4-6-11(10)15(13)12(18)9-14(16)17;/h3-8,12,14H,2,9,18H2,1H3;1H/t12-;/m1./s1. The van der Waals surface area contributed by atoms with Crippen LogP contribution in [0.15, 0.2) is 36.4 Å². The third-order valence-electron chi connectivity index (χ3n) is 3.03. The second kappa shape index (κ2) is 7.41. The number of ether oxygens (including phenoxy) is 1. The first kappa shape index (κ1) is 16.7. The molecule has 0 aliphatic rings. The van der Waals surface area contributed by atoms with E-state index in [0.29, 0.717) is 17.9 Å². The molecule has 110 valence electrons. The summed E-state index contributed by atoms with van der Waals surface area (Å²) in [7, 11) is 0. The van der Waals surface area contributed by atoms with Gasteiger partial charge >= 0.3 is 0 Å². The predicted molar refractivity (Wildman–Crippen MR) is 79.9 cm³/mol. The molecule has 2 aromatic rings. The van der Waals surface area contributed by atoms with E-state index < -0.39 is 12.5 Å². The summed E-state index contributed by atoms with van der Waals surface area (Å²) in [4.78, 5) is 0. The molecular weight excluding hydrogens is 284 g/mol. The van der Waals surface area contributed by atoms with Crippen LogP contribution in [0.1, 0.15) is 24.9 Å². The average Bonchev–Trinajstić information content (AvgIpc) is 2.37. The molecule has 2 rings (SSSR count). The van der Waals surface area contributed by atoms with Crippen LogP contribution in [0.4, 0.5) is 8.78 Å². The molecule has 0 saturated carbocycles. The van der Waals surface area contributed by atoms with Gasteiger partial charge in [-0.1, -0.05) is 30.3 Å². The minimum atomic E-state index is -2.43. The van der Waals surface area contributed by atoms with Gasteiger partial charge in [-0.3, -0.25) is 0 Å². The lowest BCUT2D eigenvalue weighted by Gasteiger charge is -2.18. The molecule has 2 aromatic carbocycles. The lowest BCUT2D eigenvalue weighted by atomic mass is 9.96. The molecule has 0 amide bonds. The summed E-state index contributed by atoms with van der Waals surface area (Å²) in [5.41, 5.74) is 6.60. The molecule has 0 aromatic heterocycles. The summed E-state index contributed by atoms with van der Waals surface area (Å²) in [6, 6.07) is 10.6. The van der Waals surface area contributed by atoms with Gasteiger partial charge in [0.05, 0.1) is 6.61 Å². The van der Waals surface area contributed by atoms with Gasteiger partial charge in [-0.25, -0.2) is 8.78 Å². The van der Waals surface area contributed by atoms with Crippen LogP contribution in [0.3, 0.4) is 0 Å². The first-order chi connectivity index (χ1) is 9.13. The molecule has 20 heavy (non-hydrogen) atoms. The third-order valence-corrected chi connectivity index (χ3v) is 3.03. The average molecular weight is 302 g/mol. The van der Waals surface area contributed by atoms with Crippen LogP contribution >= 0.6 is 12.4 Å². The number of halogens is 3. The quantitative estimate of drug-likeness (QED) is 0.893. The van der Waals surface area contributed by atoms with Crippen molar-refractivity contribution in [2.75, 3.05) is 6.61 Å². The summed E-state index contributed by atoms with van der Waals surface area (Å²) >= 11 is 0. The van der Waals surface area contributed by atoms with Crippen LogP contribution in [0.5, 0.6) is 5.75 Å². The van der Waals surface area contributed by atoms with E-state index in [1.807, 2.05) is 37.3 Å². The second-order valence-corrected chi connectivity index (χ2v) is 4.36. The highest BCUT2D eigenvalue weighted by atomic mass is 35.5. The Morgan fingerprint density at radius 3 is 2.50 bits per heavy atom. The topological polar surface area (TPSA) is 35.2 Å². The molecule has 0 fully saturated rings. The van der Waals surface area contributed by atoms with Gasteiger partial charge in [0.2, 0.25) is 6.43 Å². The summed E-state index contributed by atoms with van der Waals surface area (Å²) in [5.74, 6) is 0.592. The molecule has 2 nitrogen and oxygen atoms in total. The molecular formula is C15H18ClF2NO.